The van der Waals surface area contributed by atoms with Crippen LogP contribution in [-0.2, 0) is 10.2 Å². The Bertz CT molecular complexity index is 1370. The van der Waals surface area contributed by atoms with Crippen LogP contribution in [0.15, 0.2) is 66.7 Å². The highest BCUT2D eigenvalue weighted by Crippen LogP contribution is 2.64. The highest BCUT2D eigenvalue weighted by Gasteiger charge is 2.67. The number of benzene rings is 3. The topological polar surface area (TPSA) is 102 Å². The first kappa shape index (κ1) is 22.6. The molecule has 1 amide bonds. The third-order valence-corrected chi connectivity index (χ3v) is 6.95. The number of aromatic nitrogens is 4. The number of nitrogens with one attached hydrogen (secondary N) is 2. The number of H-pyrrole nitrogens is 1. The number of hydrogen-bond donors (Lipinski definition) is 2. The summed E-state index contributed by atoms with van der Waals surface area (Å²) >= 11 is 0. The summed E-state index contributed by atoms with van der Waals surface area (Å²) in [7, 11) is 3.20. The van der Waals surface area contributed by atoms with E-state index in [0.29, 0.717) is 23.0 Å². The maximum atomic E-state index is 13.6. The molecule has 4 aromatic rings. The lowest BCUT2D eigenvalue weighted by molar-refractivity contribution is -0.119. The highest BCUT2D eigenvalue weighted by atomic mass is 16.5. The monoisotopic (exact) mass is 469 g/mol. The van der Waals surface area contributed by atoms with Gasteiger partial charge < -0.3 is 14.8 Å². The molecule has 178 valence electrons. The molecule has 3 aromatic carbocycles. The molecule has 1 aromatic heterocycles. The van der Waals surface area contributed by atoms with E-state index in [1.54, 1.807) is 14.2 Å². The van der Waals surface area contributed by atoms with Crippen molar-refractivity contribution in [2.24, 2.45) is 5.41 Å². The Kier molecular flexibility index (Phi) is 5.51. The normalized spacial score (nSPS) is 18.1. The van der Waals surface area contributed by atoms with E-state index in [9.17, 15) is 4.79 Å². The molecule has 35 heavy (non-hydrogen) atoms. The molecule has 2 N–H and O–H groups in total. The van der Waals surface area contributed by atoms with E-state index in [-0.39, 0.29) is 11.3 Å². The predicted molar refractivity (Wildman–Crippen MR) is 133 cm³/mol. The van der Waals surface area contributed by atoms with Gasteiger partial charge in [-0.2, -0.15) is 5.21 Å². The van der Waals surface area contributed by atoms with E-state index in [0.717, 1.165) is 28.7 Å². The minimum absolute atomic E-state index is 0.0216. The number of ether oxygens (including phenoxy) is 2. The first-order valence-electron chi connectivity index (χ1n) is 11.4. The van der Waals surface area contributed by atoms with Gasteiger partial charge in [-0.3, -0.25) is 4.79 Å². The van der Waals surface area contributed by atoms with Crippen LogP contribution < -0.4 is 14.8 Å². The molecule has 5 rings (SSSR count). The van der Waals surface area contributed by atoms with Crippen LogP contribution in [0.25, 0.3) is 22.5 Å². The first-order valence-corrected chi connectivity index (χ1v) is 11.4. The minimum atomic E-state index is -0.567. The number of aromatic amines is 1. The molecule has 1 aliphatic carbocycles. The third kappa shape index (κ3) is 3.80. The van der Waals surface area contributed by atoms with Crippen molar-refractivity contribution in [1.82, 2.24) is 20.6 Å². The number of carbonyl (C=O) groups is 1. The van der Waals surface area contributed by atoms with E-state index in [4.69, 9.17) is 9.47 Å². The number of anilines is 1. The summed E-state index contributed by atoms with van der Waals surface area (Å²) in [5, 5.41) is 17.8. The van der Waals surface area contributed by atoms with Gasteiger partial charge in [0.05, 0.1) is 19.6 Å². The number of rotatable bonds is 7. The van der Waals surface area contributed by atoms with Crippen LogP contribution in [0.5, 0.6) is 11.5 Å². The maximum Gasteiger partial charge on any atom is 0.235 e. The predicted octanol–water partition coefficient (Wildman–Crippen LogP) is 4.86. The van der Waals surface area contributed by atoms with Gasteiger partial charge in [0.15, 0.2) is 11.5 Å². The van der Waals surface area contributed by atoms with Crippen molar-refractivity contribution in [3.8, 4) is 34.0 Å². The van der Waals surface area contributed by atoms with Crippen molar-refractivity contribution in [2.75, 3.05) is 19.5 Å². The van der Waals surface area contributed by atoms with Crippen molar-refractivity contribution in [3.63, 3.8) is 0 Å². The Hall–Kier alpha value is -4.20. The molecule has 1 saturated carbocycles. The van der Waals surface area contributed by atoms with E-state index >= 15 is 0 Å². The van der Waals surface area contributed by atoms with Crippen molar-refractivity contribution in [2.45, 2.75) is 25.7 Å². The van der Waals surface area contributed by atoms with Gasteiger partial charge in [0.1, 0.15) is 0 Å². The number of nitrogens with zero attached hydrogens (tertiary/aromatic N) is 3. The maximum absolute atomic E-state index is 13.6. The summed E-state index contributed by atoms with van der Waals surface area (Å²) in [6.45, 7) is 4.26. The zero-order valence-corrected chi connectivity index (χ0v) is 20.1. The molecule has 1 heterocycles. The highest BCUT2D eigenvalue weighted by molar-refractivity contribution is 6.03. The molecule has 1 unspecified atom stereocenters. The van der Waals surface area contributed by atoms with Crippen molar-refractivity contribution in [3.05, 3.63) is 72.3 Å². The molecule has 0 bridgehead atoms. The second-order valence-electron chi connectivity index (χ2n) is 9.35. The number of tetrazole rings is 1. The number of amides is 1. The van der Waals surface area contributed by atoms with Gasteiger partial charge in [0.2, 0.25) is 11.7 Å². The summed E-state index contributed by atoms with van der Waals surface area (Å²) in [5.41, 5.74) is 3.49. The molecule has 8 heteroatoms. The van der Waals surface area contributed by atoms with Crippen LogP contribution >= 0.6 is 0 Å². The summed E-state index contributed by atoms with van der Waals surface area (Å²) in [4.78, 5) is 13.6. The Morgan fingerprint density at radius 1 is 0.943 bits per heavy atom. The van der Waals surface area contributed by atoms with Gasteiger partial charge in [-0.05, 0) is 58.0 Å². The standard InChI is InChI=1S/C27H27N5O3/c1-26(2)16-27(26,18-8-6-5-7-9-18)25(33)28-19-11-12-20(21(15-19)24-29-31-32-30-24)17-10-13-22(34-3)23(14-17)35-4/h5-15H,16H2,1-4H3,(H,28,33)(H,29,30,31,32). The van der Waals surface area contributed by atoms with Crippen molar-refractivity contribution < 1.29 is 14.3 Å². The fraction of sp³-hybridized carbons (Fsp3) is 0.259. The van der Waals surface area contributed by atoms with E-state index in [1.165, 1.54) is 0 Å². The van der Waals surface area contributed by atoms with Crippen LogP contribution in [0, 0.1) is 5.41 Å². The lowest BCUT2D eigenvalue weighted by atomic mass is 9.87. The van der Waals surface area contributed by atoms with E-state index < -0.39 is 5.41 Å². The van der Waals surface area contributed by atoms with Crippen LogP contribution in [0.2, 0.25) is 0 Å². The van der Waals surface area contributed by atoms with Crippen LogP contribution in [-0.4, -0.2) is 40.8 Å². The van der Waals surface area contributed by atoms with Gasteiger partial charge in [0, 0.05) is 11.3 Å². The largest absolute Gasteiger partial charge is 0.493 e. The van der Waals surface area contributed by atoms with Gasteiger partial charge in [-0.1, -0.05) is 56.3 Å². The fourth-order valence-corrected chi connectivity index (χ4v) is 4.93. The zero-order chi connectivity index (χ0) is 24.6. The fourth-order valence-electron chi connectivity index (χ4n) is 4.93. The number of methoxy groups -OCH3 is 2. The smallest absolute Gasteiger partial charge is 0.235 e. The molecule has 0 radical (unpaired) electrons. The molecule has 1 fully saturated rings. The Labute approximate surface area is 203 Å². The molecule has 0 aliphatic heterocycles. The quantitative estimate of drug-likeness (QED) is 0.401. The lowest BCUT2D eigenvalue weighted by Crippen LogP contribution is -2.32. The SMILES string of the molecule is COc1ccc(-c2ccc(NC(=O)C3(c4ccccc4)CC3(C)C)cc2-c2nn[nH]n2)cc1OC. The van der Waals surface area contributed by atoms with Gasteiger partial charge in [0.25, 0.3) is 0 Å². The van der Waals surface area contributed by atoms with Crippen molar-refractivity contribution >= 4 is 11.6 Å². The Balaban J connectivity index is 1.53. The van der Waals surface area contributed by atoms with E-state index in [2.05, 4.69) is 39.8 Å². The minimum Gasteiger partial charge on any atom is -0.493 e. The van der Waals surface area contributed by atoms with Crippen LogP contribution in [0.1, 0.15) is 25.8 Å². The van der Waals surface area contributed by atoms with Crippen LogP contribution in [0.4, 0.5) is 5.69 Å². The van der Waals surface area contributed by atoms with Gasteiger partial charge in [-0.25, -0.2) is 0 Å². The van der Waals surface area contributed by atoms with Crippen molar-refractivity contribution in [1.29, 1.82) is 0 Å². The van der Waals surface area contributed by atoms with Gasteiger partial charge >= 0.3 is 0 Å². The average molecular weight is 470 g/mol. The Morgan fingerprint density at radius 2 is 1.69 bits per heavy atom. The average Bonchev–Trinajstić information content (AvgIpc) is 3.20. The third-order valence-electron chi connectivity index (χ3n) is 6.95. The second-order valence-corrected chi connectivity index (χ2v) is 9.35. The molecule has 8 nitrogen and oxygen atoms in total. The lowest BCUT2D eigenvalue weighted by Gasteiger charge is -2.21. The molecule has 0 saturated heterocycles. The second kappa shape index (κ2) is 8.54. The molecule has 1 aliphatic rings. The van der Waals surface area contributed by atoms with E-state index in [1.807, 2.05) is 66.7 Å². The summed E-state index contributed by atoms with van der Waals surface area (Å²) in [5.74, 6) is 1.66. The summed E-state index contributed by atoms with van der Waals surface area (Å²) in [6.07, 6.45) is 0.789. The van der Waals surface area contributed by atoms with Gasteiger partial charge in [-0.15, -0.1) is 10.2 Å². The molecule has 1 atom stereocenters. The number of carbonyl (C=O) groups excluding carboxylic acids is 1. The summed E-state index contributed by atoms with van der Waals surface area (Å²) in [6, 6.07) is 21.4. The summed E-state index contributed by atoms with van der Waals surface area (Å²) < 4.78 is 10.9. The zero-order valence-electron chi connectivity index (χ0n) is 20.1. The number of hydrogen-bond acceptors (Lipinski definition) is 6. The first-order chi connectivity index (χ1) is 16.9. The molecular formula is C27H27N5O3. The molecular weight excluding hydrogens is 442 g/mol. The Morgan fingerprint density at radius 3 is 2.31 bits per heavy atom. The van der Waals surface area contributed by atoms with Crippen LogP contribution in [0.3, 0.4) is 0 Å². The molecule has 0 spiro atoms.